The summed E-state index contributed by atoms with van der Waals surface area (Å²) >= 11 is 5.76. The van der Waals surface area contributed by atoms with Gasteiger partial charge in [0, 0.05) is 64.3 Å². The average molecular weight is 913 g/mol. The lowest BCUT2D eigenvalue weighted by Crippen LogP contribution is -2.62. The number of unbranched alkanes of at least 4 members (excludes halogenated alkanes) is 2. The van der Waals surface area contributed by atoms with Crippen molar-refractivity contribution in [2.45, 2.75) is 148 Å². The van der Waals surface area contributed by atoms with Gasteiger partial charge in [0.15, 0.2) is 0 Å². The molecular weight excluding hydrogens is 841 g/mol. The van der Waals surface area contributed by atoms with Gasteiger partial charge in [0.05, 0.1) is 35.7 Å². The highest BCUT2D eigenvalue weighted by Crippen LogP contribution is 2.31. The van der Waals surface area contributed by atoms with E-state index < -0.39 is 59.6 Å². The number of rotatable bonds is 26. The zero-order valence-corrected chi connectivity index (χ0v) is 40.2. The van der Waals surface area contributed by atoms with Gasteiger partial charge in [-0.05, 0) is 64.0 Å². The predicted molar refractivity (Wildman–Crippen MR) is 247 cm³/mol. The number of methoxy groups -OCH3 is 2. The lowest BCUT2D eigenvalue weighted by atomic mass is 9.87. The van der Waals surface area contributed by atoms with E-state index in [1.165, 1.54) is 26.0 Å². The Morgan fingerprint density at radius 2 is 1.61 bits per heavy atom. The molecule has 0 bridgehead atoms. The van der Waals surface area contributed by atoms with Gasteiger partial charge in [-0.2, -0.15) is 0 Å². The first-order valence-electron chi connectivity index (χ1n) is 22.5. The van der Waals surface area contributed by atoms with Gasteiger partial charge in [0.1, 0.15) is 11.6 Å². The summed E-state index contributed by atoms with van der Waals surface area (Å²) in [7, 11) is 4.92. The van der Waals surface area contributed by atoms with E-state index in [4.69, 9.17) is 21.7 Å². The molecule has 0 aromatic heterocycles. The van der Waals surface area contributed by atoms with Crippen LogP contribution in [-0.2, 0) is 49.5 Å². The molecule has 17 heteroatoms. The largest absolute Gasteiger partial charge is 0.480 e. The van der Waals surface area contributed by atoms with Crippen molar-refractivity contribution >= 4 is 58.6 Å². The number of nitrogens with one attached hydrogen (secondary N) is 3. The van der Waals surface area contributed by atoms with E-state index in [0.717, 1.165) is 16.9 Å². The number of carbonyl (C=O) groups excluding carboxylic acids is 6. The molecule has 1 saturated heterocycles. The van der Waals surface area contributed by atoms with Crippen molar-refractivity contribution in [2.75, 3.05) is 34.4 Å². The number of amides is 6. The molecule has 0 unspecified atom stereocenters. The molecule has 2 aliphatic heterocycles. The standard InChI is InChI=1S/C47H72N6O10S/c1-11-30(4)41(51(8)40(29(2)3)43(58)49-46(61)47(6,7)50-36(54)22-16-13-17-25-53-37(55)23-24-38(53)56)35(62-9)28-39(57)52-26-18-21-34(52)42(63-10)31(5)44(64)48-33(45(59)60)27-32-19-14-12-15-20-32/h12,14-15,19-20,23-24,29-31,33-35,40-42H,11,13,16-18,21-22,25-28H2,1-10H3,(H,48,64)(H,50,54)(H,59,60)(H,49,58,61)/t30-,31+,33-,34-,35+,40-,41-,42+/m0/s1. The van der Waals surface area contributed by atoms with E-state index in [1.54, 1.807) is 21.3 Å². The Labute approximate surface area is 384 Å². The summed E-state index contributed by atoms with van der Waals surface area (Å²) in [4.78, 5) is 95.8. The molecule has 6 amide bonds. The number of likely N-dealkylation sites (tertiary alicyclic amines) is 1. The first-order valence-corrected chi connectivity index (χ1v) is 22.9. The maximum Gasteiger partial charge on any atom is 0.326 e. The first kappa shape index (κ1) is 53.8. The molecule has 0 spiro atoms. The molecule has 1 fully saturated rings. The van der Waals surface area contributed by atoms with Crippen molar-refractivity contribution in [2.24, 2.45) is 17.8 Å². The number of carboxylic acid groups (broad SMARTS) is 1. The minimum atomic E-state index is -1.42. The summed E-state index contributed by atoms with van der Waals surface area (Å²) in [5.74, 6) is -4.20. The van der Waals surface area contributed by atoms with Crippen LogP contribution in [0.15, 0.2) is 42.5 Å². The van der Waals surface area contributed by atoms with E-state index in [2.05, 4.69) is 16.0 Å². The summed E-state index contributed by atoms with van der Waals surface area (Å²) in [5, 5.41) is 18.3. The monoisotopic (exact) mass is 913 g/mol. The lowest BCUT2D eigenvalue weighted by molar-refractivity contribution is -0.143. The van der Waals surface area contributed by atoms with Crippen molar-refractivity contribution in [3.63, 3.8) is 0 Å². The quantitative estimate of drug-likeness (QED) is 0.0590. The van der Waals surface area contributed by atoms with Crippen molar-refractivity contribution < 1.29 is 48.1 Å². The summed E-state index contributed by atoms with van der Waals surface area (Å²) < 4.78 is 12.1. The molecule has 2 heterocycles. The third-order valence-electron chi connectivity index (χ3n) is 12.6. The second-order valence-corrected chi connectivity index (χ2v) is 18.5. The van der Waals surface area contributed by atoms with Crippen LogP contribution in [0, 0.1) is 17.8 Å². The maximum atomic E-state index is 14.4. The topological polar surface area (TPSA) is 204 Å². The Bertz CT molecular complexity index is 1810. The smallest absolute Gasteiger partial charge is 0.326 e. The Morgan fingerprint density at radius 1 is 0.969 bits per heavy atom. The molecule has 0 saturated carbocycles. The molecule has 3 rings (SSSR count). The Morgan fingerprint density at radius 3 is 2.17 bits per heavy atom. The minimum Gasteiger partial charge on any atom is -0.480 e. The highest BCUT2D eigenvalue weighted by molar-refractivity contribution is 7.80. The van der Waals surface area contributed by atoms with Gasteiger partial charge < -0.3 is 30.1 Å². The van der Waals surface area contributed by atoms with Gasteiger partial charge in [-0.1, -0.05) is 90.0 Å². The van der Waals surface area contributed by atoms with Crippen molar-refractivity contribution in [3.8, 4) is 0 Å². The molecule has 16 nitrogen and oxygen atoms in total. The van der Waals surface area contributed by atoms with Crippen LogP contribution in [0.2, 0.25) is 0 Å². The third kappa shape index (κ3) is 14.7. The van der Waals surface area contributed by atoms with Crippen molar-refractivity contribution in [1.82, 2.24) is 30.7 Å². The van der Waals surface area contributed by atoms with Crippen LogP contribution in [0.3, 0.4) is 0 Å². The van der Waals surface area contributed by atoms with Crippen LogP contribution in [0.25, 0.3) is 0 Å². The van der Waals surface area contributed by atoms with E-state index >= 15 is 0 Å². The van der Waals surface area contributed by atoms with Gasteiger partial charge in [-0.15, -0.1) is 0 Å². The first-order chi connectivity index (χ1) is 30.2. The van der Waals surface area contributed by atoms with Crippen LogP contribution in [-0.4, -0.2) is 142 Å². The van der Waals surface area contributed by atoms with Crippen molar-refractivity contribution in [3.05, 3.63) is 48.0 Å². The number of ether oxygens (including phenoxy) is 2. The summed E-state index contributed by atoms with van der Waals surface area (Å²) in [6.45, 7) is 13.5. The Balaban J connectivity index is 1.67. The highest BCUT2D eigenvalue weighted by atomic mass is 32.1. The summed E-state index contributed by atoms with van der Waals surface area (Å²) in [5.41, 5.74) is -0.566. The number of thiocarbonyl (C=S) groups is 1. The highest BCUT2D eigenvalue weighted by Gasteiger charge is 2.44. The molecular formula is C47H72N6O10S. The molecule has 8 atom stereocenters. The molecule has 4 N–H and O–H groups in total. The molecule has 1 aromatic rings. The number of nitrogens with zero attached hydrogens (tertiary/aromatic N) is 3. The molecule has 356 valence electrons. The van der Waals surface area contributed by atoms with Gasteiger partial charge in [-0.25, -0.2) is 4.79 Å². The van der Waals surface area contributed by atoms with Gasteiger partial charge in [0.2, 0.25) is 17.7 Å². The lowest BCUT2D eigenvalue weighted by Gasteiger charge is -2.43. The summed E-state index contributed by atoms with van der Waals surface area (Å²) in [6.07, 6.45) is 5.40. The number of carboxylic acids is 1. The number of hydrogen-bond acceptors (Lipinski definition) is 11. The second kappa shape index (κ2) is 25.2. The van der Waals surface area contributed by atoms with Crippen molar-refractivity contribution in [1.29, 1.82) is 0 Å². The zero-order valence-electron chi connectivity index (χ0n) is 39.4. The van der Waals surface area contributed by atoms with Crippen LogP contribution >= 0.6 is 12.2 Å². The Hall–Kier alpha value is -4.58. The van der Waals surface area contributed by atoms with E-state index in [-0.39, 0.29) is 67.3 Å². The Kier molecular flexibility index (Phi) is 21.2. The number of hydrogen-bond donors (Lipinski definition) is 4. The molecule has 0 aliphatic carbocycles. The van der Waals surface area contributed by atoms with Gasteiger partial charge >= 0.3 is 5.97 Å². The fraction of sp³-hybridized carbons (Fsp3) is 0.660. The SMILES string of the molecule is CC[C@H](C)[C@@H]([C@@H](CC(=O)N1CCC[C@H]1[C@H](OC)[C@@H](C)C(=S)N[C@@H](Cc1ccccc1)C(=O)O)OC)N(C)[C@H](C(=O)NC(=O)C(C)(C)NC(=O)CCCCCN1C(=O)C=CC1=O)C(C)C. The predicted octanol–water partition coefficient (Wildman–Crippen LogP) is 4.04. The third-order valence-corrected chi connectivity index (χ3v) is 13.1. The van der Waals surface area contributed by atoms with E-state index in [0.29, 0.717) is 43.6 Å². The van der Waals surface area contributed by atoms with Crippen LogP contribution in [0.1, 0.15) is 105 Å². The zero-order chi connectivity index (χ0) is 47.9. The fourth-order valence-corrected chi connectivity index (χ4v) is 9.16. The van der Waals surface area contributed by atoms with Crippen LogP contribution in [0.5, 0.6) is 0 Å². The normalized spacial score (nSPS) is 18.7. The number of likely N-dealkylation sites (N-methyl/N-ethyl adjacent to an activating group) is 1. The van der Waals surface area contributed by atoms with E-state index in [1.807, 2.05) is 74.8 Å². The fourth-order valence-electron chi connectivity index (χ4n) is 8.88. The molecule has 2 aliphatic rings. The van der Waals surface area contributed by atoms with E-state index in [9.17, 15) is 38.7 Å². The molecule has 1 aromatic carbocycles. The van der Waals surface area contributed by atoms with Crippen LogP contribution in [0.4, 0.5) is 0 Å². The molecule has 64 heavy (non-hydrogen) atoms. The number of carbonyl (C=O) groups is 7. The number of benzene rings is 1. The van der Waals surface area contributed by atoms with Gasteiger partial charge in [-0.3, -0.25) is 43.9 Å². The summed E-state index contributed by atoms with van der Waals surface area (Å²) in [6, 6.07) is 6.79. The number of imide groups is 2. The van der Waals surface area contributed by atoms with Crippen LogP contribution < -0.4 is 16.0 Å². The maximum absolute atomic E-state index is 14.4. The second-order valence-electron chi connectivity index (χ2n) is 18.0. The molecule has 0 radical (unpaired) electrons. The number of aliphatic carboxylic acids is 1. The average Bonchev–Trinajstić information content (AvgIpc) is 3.85. The van der Waals surface area contributed by atoms with Gasteiger partial charge in [0.25, 0.3) is 17.7 Å². The minimum absolute atomic E-state index is 0.00810.